The molecule has 0 saturated carbocycles. The molecular formula is C25H29F2N3O2. The molecular weight excluding hydrogens is 412 g/mol. The number of aliphatic imine (C=N–C) groups is 1. The Morgan fingerprint density at radius 2 is 2.06 bits per heavy atom. The number of hydrogen-bond donors (Lipinski definition) is 1. The summed E-state index contributed by atoms with van der Waals surface area (Å²) in [6.45, 7) is 3.49. The maximum absolute atomic E-state index is 15.2. The molecule has 1 N–H and O–H groups in total. The number of ether oxygens (including phenoxy) is 1. The number of halogens is 2. The molecule has 0 unspecified atom stereocenters. The number of nitrogens with zero attached hydrogens (tertiary/aromatic N) is 2. The molecule has 0 bridgehead atoms. The molecule has 0 aliphatic carbocycles. The Morgan fingerprint density at radius 3 is 2.84 bits per heavy atom. The first-order chi connectivity index (χ1) is 15.5. The first-order valence-corrected chi connectivity index (χ1v) is 11.2. The molecule has 2 aliphatic heterocycles. The summed E-state index contributed by atoms with van der Waals surface area (Å²) in [4.78, 5) is 18.7. The molecule has 2 aliphatic rings. The van der Waals surface area contributed by atoms with Gasteiger partial charge in [0.25, 0.3) is 5.91 Å². The zero-order chi connectivity index (χ0) is 22.6. The van der Waals surface area contributed by atoms with Gasteiger partial charge in [-0.15, -0.1) is 0 Å². The summed E-state index contributed by atoms with van der Waals surface area (Å²) in [5, 5.41) is 3.15. The van der Waals surface area contributed by atoms with Crippen LogP contribution in [0.15, 0.2) is 41.4 Å². The molecule has 0 atom stereocenters. The number of nitrogens with one attached hydrogen (secondary N) is 1. The third-order valence-corrected chi connectivity index (χ3v) is 6.18. The molecule has 5 nitrogen and oxygen atoms in total. The molecule has 2 heterocycles. The van der Waals surface area contributed by atoms with Gasteiger partial charge in [0.05, 0.1) is 0 Å². The predicted octanol–water partition coefficient (Wildman–Crippen LogP) is 4.40. The molecule has 7 heteroatoms. The highest BCUT2D eigenvalue weighted by molar-refractivity contribution is 5.94. The molecule has 1 amide bonds. The number of piperidine rings is 1. The van der Waals surface area contributed by atoms with Crippen LogP contribution in [0.2, 0.25) is 0 Å². The van der Waals surface area contributed by atoms with Crippen molar-refractivity contribution in [1.29, 1.82) is 0 Å². The number of rotatable bonds is 7. The van der Waals surface area contributed by atoms with E-state index in [1.807, 2.05) is 18.3 Å². The van der Waals surface area contributed by atoms with Crippen LogP contribution in [0, 0.1) is 12.7 Å². The molecule has 1 fully saturated rings. The summed E-state index contributed by atoms with van der Waals surface area (Å²) >= 11 is 0. The van der Waals surface area contributed by atoms with Crippen LogP contribution in [0.5, 0.6) is 5.75 Å². The van der Waals surface area contributed by atoms with E-state index in [4.69, 9.17) is 4.74 Å². The standard InChI is InChI=1S/C25H29F2N3O2/c1-18-16-20(7-8-21(18)26)24(31)30-13-9-25(27,10-14-30)17-28-12-15-32-22-6-2-4-19-5-3-11-29-23(19)22/h2,4,6-8,11,16,28H,3,5,9-10,12-15,17H2,1H3. The summed E-state index contributed by atoms with van der Waals surface area (Å²) in [5.74, 6) is 0.251. The highest BCUT2D eigenvalue weighted by atomic mass is 19.1. The molecule has 2 aromatic rings. The Bertz CT molecular complexity index is 1000. The molecule has 0 aromatic heterocycles. The highest BCUT2D eigenvalue weighted by Gasteiger charge is 2.35. The average Bonchev–Trinajstić information content (AvgIpc) is 2.81. The number of fused-ring (bicyclic) bond motifs is 1. The van der Waals surface area contributed by atoms with Crippen molar-refractivity contribution in [3.8, 4) is 5.75 Å². The summed E-state index contributed by atoms with van der Waals surface area (Å²) in [6, 6.07) is 10.3. The Morgan fingerprint density at radius 1 is 1.25 bits per heavy atom. The maximum Gasteiger partial charge on any atom is 0.253 e. The van der Waals surface area contributed by atoms with Crippen molar-refractivity contribution >= 4 is 17.8 Å². The fourth-order valence-electron chi connectivity index (χ4n) is 4.20. The minimum atomic E-state index is -1.36. The second kappa shape index (κ2) is 9.77. The Kier molecular flexibility index (Phi) is 6.84. The normalized spacial score (nSPS) is 17.2. The van der Waals surface area contributed by atoms with Gasteiger partial charge < -0.3 is 15.0 Å². The zero-order valence-electron chi connectivity index (χ0n) is 18.4. The Hall–Kier alpha value is -2.80. The van der Waals surface area contributed by atoms with Crippen LogP contribution in [0.25, 0.3) is 0 Å². The number of carbonyl (C=O) groups excluding carboxylic acids is 1. The van der Waals surface area contributed by atoms with Gasteiger partial charge in [0, 0.05) is 50.8 Å². The number of alkyl halides is 1. The lowest BCUT2D eigenvalue weighted by molar-refractivity contribution is 0.0433. The largest absolute Gasteiger partial charge is 0.490 e. The number of likely N-dealkylation sites (tertiary alicyclic amines) is 1. The van der Waals surface area contributed by atoms with Gasteiger partial charge in [-0.3, -0.25) is 9.79 Å². The quantitative estimate of drug-likeness (QED) is 0.648. The molecule has 0 spiro atoms. The average molecular weight is 442 g/mol. The van der Waals surface area contributed by atoms with Crippen molar-refractivity contribution in [2.24, 2.45) is 4.99 Å². The minimum absolute atomic E-state index is 0.176. The van der Waals surface area contributed by atoms with Gasteiger partial charge in [-0.05, 0) is 55.2 Å². The van der Waals surface area contributed by atoms with E-state index in [9.17, 15) is 9.18 Å². The number of amides is 1. The van der Waals surface area contributed by atoms with E-state index >= 15 is 4.39 Å². The van der Waals surface area contributed by atoms with Crippen LogP contribution in [0.1, 0.15) is 40.7 Å². The van der Waals surface area contributed by atoms with Crippen molar-refractivity contribution in [3.63, 3.8) is 0 Å². The lowest BCUT2D eigenvalue weighted by atomic mass is 9.92. The Balaban J connectivity index is 1.21. The molecule has 0 radical (unpaired) electrons. The number of aryl methyl sites for hydroxylation is 2. The second-order valence-electron chi connectivity index (χ2n) is 8.55. The molecule has 2 aromatic carbocycles. The van der Waals surface area contributed by atoms with E-state index in [1.165, 1.54) is 17.7 Å². The van der Waals surface area contributed by atoms with Gasteiger partial charge in [-0.2, -0.15) is 0 Å². The molecule has 1 saturated heterocycles. The SMILES string of the molecule is Cc1cc(C(=O)N2CCC(F)(CNCCOc3cccc4c3N=CCC4)CC2)ccc1F. The van der Waals surface area contributed by atoms with Crippen LogP contribution >= 0.6 is 0 Å². The third kappa shape index (κ3) is 5.15. The molecule has 4 rings (SSSR count). The number of para-hydroxylation sites is 1. The fourth-order valence-corrected chi connectivity index (χ4v) is 4.20. The smallest absolute Gasteiger partial charge is 0.253 e. The van der Waals surface area contributed by atoms with Gasteiger partial charge in [0.15, 0.2) is 0 Å². The van der Waals surface area contributed by atoms with Crippen molar-refractivity contribution < 1.29 is 18.3 Å². The van der Waals surface area contributed by atoms with E-state index in [1.54, 1.807) is 17.9 Å². The van der Waals surface area contributed by atoms with Crippen LogP contribution in [-0.2, 0) is 6.42 Å². The van der Waals surface area contributed by atoms with E-state index in [2.05, 4.69) is 16.4 Å². The third-order valence-electron chi connectivity index (χ3n) is 6.18. The second-order valence-corrected chi connectivity index (χ2v) is 8.55. The van der Waals surface area contributed by atoms with Gasteiger partial charge in [0.2, 0.25) is 0 Å². The van der Waals surface area contributed by atoms with Gasteiger partial charge in [-0.25, -0.2) is 8.78 Å². The molecule has 170 valence electrons. The van der Waals surface area contributed by atoms with Crippen molar-refractivity contribution in [2.45, 2.75) is 38.3 Å². The van der Waals surface area contributed by atoms with Crippen LogP contribution in [0.3, 0.4) is 0 Å². The van der Waals surface area contributed by atoms with Crippen molar-refractivity contribution in [3.05, 3.63) is 58.9 Å². The van der Waals surface area contributed by atoms with Crippen LogP contribution < -0.4 is 10.1 Å². The van der Waals surface area contributed by atoms with E-state index < -0.39 is 5.67 Å². The minimum Gasteiger partial charge on any atom is -0.490 e. The summed E-state index contributed by atoms with van der Waals surface area (Å²) in [7, 11) is 0. The van der Waals surface area contributed by atoms with Crippen molar-refractivity contribution in [2.75, 3.05) is 32.8 Å². The predicted molar refractivity (Wildman–Crippen MR) is 121 cm³/mol. The van der Waals surface area contributed by atoms with E-state index in [0.717, 1.165) is 24.3 Å². The first kappa shape index (κ1) is 22.4. The van der Waals surface area contributed by atoms with E-state index in [0.29, 0.717) is 37.4 Å². The van der Waals surface area contributed by atoms with Crippen LogP contribution in [0.4, 0.5) is 14.5 Å². The lowest BCUT2D eigenvalue weighted by Gasteiger charge is -2.36. The monoisotopic (exact) mass is 441 g/mol. The fraction of sp³-hybridized carbons (Fsp3) is 0.440. The van der Waals surface area contributed by atoms with E-state index in [-0.39, 0.29) is 31.1 Å². The Labute approximate surface area is 187 Å². The van der Waals surface area contributed by atoms with Gasteiger partial charge in [-0.1, -0.05) is 12.1 Å². The number of hydrogen-bond acceptors (Lipinski definition) is 4. The van der Waals surface area contributed by atoms with Gasteiger partial charge >= 0.3 is 0 Å². The first-order valence-electron chi connectivity index (χ1n) is 11.2. The lowest BCUT2D eigenvalue weighted by Crippen LogP contribution is -2.49. The van der Waals surface area contributed by atoms with Crippen LogP contribution in [-0.4, -0.2) is 55.5 Å². The molecule has 32 heavy (non-hydrogen) atoms. The number of carbonyl (C=O) groups is 1. The topological polar surface area (TPSA) is 53.9 Å². The summed E-state index contributed by atoms with van der Waals surface area (Å²) < 4.78 is 34.5. The van der Waals surface area contributed by atoms with Gasteiger partial charge in [0.1, 0.15) is 29.5 Å². The maximum atomic E-state index is 15.2. The zero-order valence-corrected chi connectivity index (χ0v) is 18.4. The number of benzene rings is 2. The summed E-state index contributed by atoms with van der Waals surface area (Å²) in [5.41, 5.74) is 1.61. The van der Waals surface area contributed by atoms with Crippen molar-refractivity contribution in [1.82, 2.24) is 10.2 Å². The summed E-state index contributed by atoms with van der Waals surface area (Å²) in [6.07, 6.45) is 4.37. The highest BCUT2D eigenvalue weighted by Crippen LogP contribution is 2.34.